The van der Waals surface area contributed by atoms with Gasteiger partial charge < -0.3 is 15.8 Å². The standard InChI is InChI=1S/C15H15ClN2O2/c1-10-13(17)3-2-4-14(10)20-9-15(19)18-12-7-5-11(16)6-8-12/h2-8H,9,17H2,1H3,(H,18,19). The van der Waals surface area contributed by atoms with E-state index in [9.17, 15) is 4.79 Å². The minimum Gasteiger partial charge on any atom is -0.483 e. The Balaban J connectivity index is 1.92. The molecule has 0 saturated carbocycles. The average molecular weight is 291 g/mol. The Morgan fingerprint density at radius 2 is 1.95 bits per heavy atom. The molecule has 0 bridgehead atoms. The topological polar surface area (TPSA) is 64.3 Å². The number of ether oxygens (including phenoxy) is 1. The number of hydrogen-bond donors (Lipinski definition) is 2. The van der Waals surface area contributed by atoms with Crippen molar-refractivity contribution in [3.63, 3.8) is 0 Å². The lowest BCUT2D eigenvalue weighted by atomic mass is 10.2. The summed E-state index contributed by atoms with van der Waals surface area (Å²) in [6.45, 7) is 1.77. The van der Waals surface area contributed by atoms with E-state index in [0.29, 0.717) is 22.1 Å². The lowest BCUT2D eigenvalue weighted by Crippen LogP contribution is -2.20. The predicted molar refractivity (Wildman–Crippen MR) is 81.2 cm³/mol. The normalized spacial score (nSPS) is 10.1. The molecule has 2 aromatic rings. The fourth-order valence-electron chi connectivity index (χ4n) is 1.66. The third-order valence-electron chi connectivity index (χ3n) is 2.81. The van der Waals surface area contributed by atoms with Crippen molar-refractivity contribution in [2.24, 2.45) is 0 Å². The molecule has 20 heavy (non-hydrogen) atoms. The second kappa shape index (κ2) is 6.30. The van der Waals surface area contributed by atoms with Crippen molar-refractivity contribution < 1.29 is 9.53 Å². The van der Waals surface area contributed by atoms with Crippen LogP contribution in [0.25, 0.3) is 0 Å². The Morgan fingerprint density at radius 1 is 1.25 bits per heavy atom. The largest absolute Gasteiger partial charge is 0.483 e. The maximum Gasteiger partial charge on any atom is 0.262 e. The van der Waals surface area contributed by atoms with Gasteiger partial charge in [-0.05, 0) is 43.3 Å². The molecule has 2 aromatic carbocycles. The van der Waals surface area contributed by atoms with Gasteiger partial charge >= 0.3 is 0 Å². The zero-order valence-electron chi connectivity index (χ0n) is 11.0. The highest BCUT2D eigenvalue weighted by atomic mass is 35.5. The van der Waals surface area contributed by atoms with Crippen LogP contribution in [0.5, 0.6) is 5.75 Å². The zero-order chi connectivity index (χ0) is 14.5. The van der Waals surface area contributed by atoms with Gasteiger partial charge in [-0.3, -0.25) is 4.79 Å². The first kappa shape index (κ1) is 14.2. The quantitative estimate of drug-likeness (QED) is 0.850. The van der Waals surface area contributed by atoms with Gasteiger partial charge in [0, 0.05) is 22.0 Å². The fourth-order valence-corrected chi connectivity index (χ4v) is 1.79. The van der Waals surface area contributed by atoms with Gasteiger partial charge in [0.1, 0.15) is 5.75 Å². The summed E-state index contributed by atoms with van der Waals surface area (Å²) in [5.41, 5.74) is 7.91. The van der Waals surface area contributed by atoms with Gasteiger partial charge in [0.25, 0.3) is 5.91 Å². The van der Waals surface area contributed by atoms with E-state index >= 15 is 0 Å². The van der Waals surface area contributed by atoms with Crippen LogP contribution < -0.4 is 15.8 Å². The van der Waals surface area contributed by atoms with Crippen molar-refractivity contribution in [1.82, 2.24) is 0 Å². The van der Waals surface area contributed by atoms with E-state index < -0.39 is 0 Å². The number of nitrogens with two attached hydrogens (primary N) is 1. The molecular formula is C15H15ClN2O2. The molecule has 0 heterocycles. The summed E-state index contributed by atoms with van der Waals surface area (Å²) >= 11 is 5.77. The molecule has 0 aromatic heterocycles. The van der Waals surface area contributed by atoms with Gasteiger partial charge in [0.2, 0.25) is 0 Å². The van der Waals surface area contributed by atoms with Crippen LogP contribution >= 0.6 is 11.6 Å². The van der Waals surface area contributed by atoms with Crippen molar-refractivity contribution in [1.29, 1.82) is 0 Å². The molecule has 0 aliphatic carbocycles. The van der Waals surface area contributed by atoms with Crippen LogP contribution in [-0.2, 0) is 4.79 Å². The molecule has 0 spiro atoms. The lowest BCUT2D eigenvalue weighted by molar-refractivity contribution is -0.118. The molecular weight excluding hydrogens is 276 g/mol. The highest BCUT2D eigenvalue weighted by Gasteiger charge is 2.06. The summed E-state index contributed by atoms with van der Waals surface area (Å²) in [7, 11) is 0. The number of carbonyl (C=O) groups excluding carboxylic acids is 1. The minimum absolute atomic E-state index is 0.0765. The van der Waals surface area contributed by atoms with Crippen molar-refractivity contribution in [2.45, 2.75) is 6.92 Å². The number of anilines is 2. The summed E-state index contributed by atoms with van der Waals surface area (Å²) in [4.78, 5) is 11.8. The first-order chi connectivity index (χ1) is 9.56. The molecule has 5 heteroatoms. The van der Waals surface area contributed by atoms with E-state index in [1.54, 1.807) is 42.5 Å². The number of amides is 1. The number of halogens is 1. The van der Waals surface area contributed by atoms with Gasteiger partial charge in [-0.2, -0.15) is 0 Å². The molecule has 104 valence electrons. The zero-order valence-corrected chi connectivity index (χ0v) is 11.8. The SMILES string of the molecule is Cc1c(N)cccc1OCC(=O)Nc1ccc(Cl)cc1. The fraction of sp³-hybridized carbons (Fsp3) is 0.133. The van der Waals surface area contributed by atoms with Crippen LogP contribution in [0.15, 0.2) is 42.5 Å². The third kappa shape index (κ3) is 3.65. The molecule has 4 nitrogen and oxygen atoms in total. The molecule has 0 aliphatic heterocycles. The Morgan fingerprint density at radius 3 is 2.65 bits per heavy atom. The van der Waals surface area contributed by atoms with Crippen LogP contribution in [-0.4, -0.2) is 12.5 Å². The van der Waals surface area contributed by atoms with Crippen LogP contribution in [0.1, 0.15) is 5.56 Å². The van der Waals surface area contributed by atoms with Crippen molar-refractivity contribution in [3.8, 4) is 5.75 Å². The molecule has 0 saturated heterocycles. The molecule has 0 fully saturated rings. The first-order valence-electron chi connectivity index (χ1n) is 6.09. The van der Waals surface area contributed by atoms with Crippen LogP contribution in [0.4, 0.5) is 11.4 Å². The highest BCUT2D eigenvalue weighted by molar-refractivity contribution is 6.30. The Bertz CT molecular complexity index is 612. The number of rotatable bonds is 4. The molecule has 3 N–H and O–H groups in total. The number of benzene rings is 2. The van der Waals surface area contributed by atoms with E-state index in [0.717, 1.165) is 5.56 Å². The summed E-state index contributed by atoms with van der Waals surface area (Å²) in [5.74, 6) is 0.366. The minimum atomic E-state index is -0.242. The number of carbonyl (C=O) groups is 1. The molecule has 0 atom stereocenters. The molecule has 2 rings (SSSR count). The Labute approximate surface area is 122 Å². The number of nitrogens with one attached hydrogen (secondary N) is 1. The smallest absolute Gasteiger partial charge is 0.262 e. The van der Waals surface area contributed by atoms with E-state index in [1.807, 2.05) is 6.92 Å². The maximum absolute atomic E-state index is 11.8. The summed E-state index contributed by atoms with van der Waals surface area (Å²) in [5, 5.41) is 3.34. The second-order valence-corrected chi connectivity index (χ2v) is 4.75. The number of hydrogen-bond acceptors (Lipinski definition) is 3. The highest BCUT2D eigenvalue weighted by Crippen LogP contribution is 2.22. The average Bonchev–Trinajstić information content (AvgIpc) is 2.43. The van der Waals surface area contributed by atoms with Crippen LogP contribution in [0, 0.1) is 6.92 Å². The summed E-state index contributed by atoms with van der Waals surface area (Å²) in [6, 6.07) is 12.2. The predicted octanol–water partition coefficient (Wildman–Crippen LogP) is 3.25. The van der Waals surface area contributed by atoms with Crippen LogP contribution in [0.3, 0.4) is 0 Å². The molecule has 0 radical (unpaired) electrons. The van der Waals surface area contributed by atoms with Gasteiger partial charge in [0.05, 0.1) is 0 Å². The van der Waals surface area contributed by atoms with E-state index in [-0.39, 0.29) is 12.5 Å². The monoisotopic (exact) mass is 290 g/mol. The molecule has 0 unspecified atom stereocenters. The van der Waals surface area contributed by atoms with Crippen molar-refractivity contribution >= 4 is 28.9 Å². The van der Waals surface area contributed by atoms with Gasteiger partial charge in [0.15, 0.2) is 6.61 Å². The van der Waals surface area contributed by atoms with Crippen LogP contribution in [0.2, 0.25) is 5.02 Å². The Hall–Kier alpha value is -2.20. The molecule has 0 aliphatic rings. The van der Waals surface area contributed by atoms with Gasteiger partial charge in [-0.1, -0.05) is 17.7 Å². The lowest BCUT2D eigenvalue weighted by Gasteiger charge is -2.10. The maximum atomic E-state index is 11.8. The Kier molecular flexibility index (Phi) is 4.48. The van der Waals surface area contributed by atoms with Gasteiger partial charge in [-0.25, -0.2) is 0 Å². The second-order valence-electron chi connectivity index (χ2n) is 4.31. The van der Waals surface area contributed by atoms with Gasteiger partial charge in [-0.15, -0.1) is 0 Å². The molecule has 1 amide bonds. The number of nitrogen functional groups attached to an aromatic ring is 1. The first-order valence-corrected chi connectivity index (χ1v) is 6.47. The van der Waals surface area contributed by atoms with E-state index in [1.165, 1.54) is 0 Å². The van der Waals surface area contributed by atoms with Crippen molar-refractivity contribution in [2.75, 3.05) is 17.7 Å². The van der Waals surface area contributed by atoms with E-state index in [4.69, 9.17) is 22.1 Å². The summed E-state index contributed by atoms with van der Waals surface area (Å²) in [6.07, 6.45) is 0. The summed E-state index contributed by atoms with van der Waals surface area (Å²) < 4.78 is 5.46. The van der Waals surface area contributed by atoms with E-state index in [2.05, 4.69) is 5.32 Å². The van der Waals surface area contributed by atoms with Crippen molar-refractivity contribution in [3.05, 3.63) is 53.1 Å². The third-order valence-corrected chi connectivity index (χ3v) is 3.06.